The van der Waals surface area contributed by atoms with E-state index in [1.54, 1.807) is 6.07 Å². The van der Waals surface area contributed by atoms with Crippen molar-refractivity contribution in [1.82, 2.24) is 0 Å². The maximum atomic E-state index is 12.1. The van der Waals surface area contributed by atoms with E-state index in [0.717, 1.165) is 62.1 Å². The molecule has 1 aliphatic carbocycles. The molecule has 0 radical (unpaired) electrons. The molecule has 1 saturated heterocycles. The molecule has 1 aliphatic heterocycles. The van der Waals surface area contributed by atoms with Crippen molar-refractivity contribution in [3.05, 3.63) is 39.7 Å². The summed E-state index contributed by atoms with van der Waals surface area (Å²) in [6, 6.07) is 5.59. The number of rotatable bonds is 5. The highest BCUT2D eigenvalue weighted by Crippen LogP contribution is 2.29. The van der Waals surface area contributed by atoms with Crippen LogP contribution in [0, 0.1) is 0 Å². The molecule has 0 bridgehead atoms. The number of morpholine rings is 1. The maximum Gasteiger partial charge on any atom is 0.339 e. The van der Waals surface area contributed by atoms with Crippen LogP contribution in [0.2, 0.25) is 0 Å². The van der Waals surface area contributed by atoms with E-state index in [1.165, 1.54) is 4.90 Å². The van der Waals surface area contributed by atoms with Gasteiger partial charge in [0.1, 0.15) is 43.7 Å². The highest BCUT2D eigenvalue weighted by Gasteiger charge is 2.21. The zero-order valence-corrected chi connectivity index (χ0v) is 14.3. The van der Waals surface area contributed by atoms with Gasteiger partial charge < -0.3 is 23.9 Å². The Labute approximate surface area is 145 Å². The van der Waals surface area contributed by atoms with Gasteiger partial charge in [-0.25, -0.2) is 4.79 Å². The molecule has 0 spiro atoms. The molecule has 2 heterocycles. The van der Waals surface area contributed by atoms with Crippen LogP contribution in [0.25, 0.3) is 11.0 Å². The van der Waals surface area contributed by atoms with E-state index < -0.39 is 6.10 Å². The first-order valence-corrected chi connectivity index (χ1v) is 9.01. The Kier molecular flexibility index (Phi) is 4.74. The fraction of sp³-hybridized carbons (Fsp3) is 0.526. The van der Waals surface area contributed by atoms with Crippen molar-refractivity contribution in [2.45, 2.75) is 25.4 Å². The summed E-state index contributed by atoms with van der Waals surface area (Å²) in [4.78, 5) is 13.4. The molecule has 2 N–H and O–H groups in total. The Morgan fingerprint density at radius 3 is 2.84 bits per heavy atom. The SMILES string of the molecule is O=c1oc2cc(OCC(O)C[NH+]3CCOCC3)ccc2c2c1CCC2. The normalized spacial score (nSPS) is 19.1. The third-order valence-corrected chi connectivity index (χ3v) is 5.11. The van der Waals surface area contributed by atoms with Crippen molar-refractivity contribution >= 4 is 11.0 Å². The van der Waals surface area contributed by atoms with Crippen LogP contribution in [0.4, 0.5) is 0 Å². The van der Waals surface area contributed by atoms with Crippen LogP contribution in [0.15, 0.2) is 27.4 Å². The summed E-state index contributed by atoms with van der Waals surface area (Å²) in [6.45, 7) is 4.21. The Balaban J connectivity index is 1.43. The van der Waals surface area contributed by atoms with Crippen LogP contribution in [-0.2, 0) is 17.6 Å². The van der Waals surface area contributed by atoms with E-state index in [-0.39, 0.29) is 12.2 Å². The number of nitrogens with one attached hydrogen (secondary N) is 1. The van der Waals surface area contributed by atoms with Crippen LogP contribution < -0.4 is 15.3 Å². The quantitative estimate of drug-likeness (QED) is 0.742. The third kappa shape index (κ3) is 3.56. The van der Waals surface area contributed by atoms with Gasteiger partial charge in [-0.2, -0.15) is 0 Å². The van der Waals surface area contributed by atoms with Gasteiger partial charge >= 0.3 is 5.63 Å². The lowest BCUT2D eigenvalue weighted by atomic mass is 10.1. The standard InChI is InChI=1S/C19H23NO5/c21-13(11-20-6-8-23-9-7-20)12-24-14-4-5-16-15-2-1-3-17(15)19(22)25-18(16)10-14/h4-5,10,13,21H,1-3,6-9,11-12H2/p+1. The van der Waals surface area contributed by atoms with Crippen LogP contribution >= 0.6 is 0 Å². The largest absolute Gasteiger partial charge is 0.491 e. The molecule has 1 atom stereocenters. The molecule has 0 amide bonds. The lowest BCUT2D eigenvalue weighted by Gasteiger charge is -2.25. The molecule has 6 nitrogen and oxygen atoms in total. The van der Waals surface area contributed by atoms with Gasteiger partial charge in [-0.15, -0.1) is 0 Å². The minimum absolute atomic E-state index is 0.227. The number of aliphatic hydroxyl groups is 1. The van der Waals surface area contributed by atoms with Gasteiger partial charge in [0.15, 0.2) is 0 Å². The van der Waals surface area contributed by atoms with E-state index in [4.69, 9.17) is 13.9 Å². The fourth-order valence-electron chi connectivity index (χ4n) is 3.80. The number of hydrogen-bond acceptors (Lipinski definition) is 5. The Hall–Kier alpha value is -1.89. The van der Waals surface area contributed by atoms with Crippen LogP contribution in [0.5, 0.6) is 5.75 Å². The average molecular weight is 346 g/mol. The first kappa shape index (κ1) is 16.6. The number of aliphatic hydroxyl groups excluding tert-OH is 1. The first-order valence-electron chi connectivity index (χ1n) is 9.01. The second kappa shape index (κ2) is 7.15. The van der Waals surface area contributed by atoms with Gasteiger partial charge in [0, 0.05) is 17.0 Å². The van der Waals surface area contributed by atoms with Gasteiger partial charge in [-0.1, -0.05) is 0 Å². The molecule has 2 aromatic rings. The van der Waals surface area contributed by atoms with E-state index in [1.807, 2.05) is 12.1 Å². The molecule has 4 rings (SSSR count). The Bertz CT molecular complexity index is 809. The molecule has 1 unspecified atom stereocenters. The minimum atomic E-state index is -0.532. The highest BCUT2D eigenvalue weighted by molar-refractivity contribution is 5.83. The van der Waals surface area contributed by atoms with Crippen molar-refractivity contribution in [3.63, 3.8) is 0 Å². The Morgan fingerprint density at radius 2 is 2.00 bits per heavy atom. The van der Waals surface area contributed by atoms with Crippen LogP contribution in [-0.4, -0.2) is 50.7 Å². The molecule has 134 valence electrons. The predicted octanol–water partition coefficient (Wildman–Crippen LogP) is -0.0635. The van der Waals surface area contributed by atoms with Crippen LogP contribution in [0.3, 0.4) is 0 Å². The van der Waals surface area contributed by atoms with Crippen molar-refractivity contribution in [3.8, 4) is 5.75 Å². The molecular formula is C19H24NO5+. The molecule has 1 fully saturated rings. The number of ether oxygens (including phenoxy) is 2. The number of benzene rings is 1. The molecular weight excluding hydrogens is 322 g/mol. The van der Waals surface area contributed by atoms with Crippen molar-refractivity contribution in [1.29, 1.82) is 0 Å². The topological polar surface area (TPSA) is 73.3 Å². The van der Waals surface area contributed by atoms with Crippen molar-refractivity contribution in [2.24, 2.45) is 0 Å². The Morgan fingerprint density at radius 1 is 1.20 bits per heavy atom. The second-order valence-electron chi connectivity index (χ2n) is 6.89. The summed E-state index contributed by atoms with van der Waals surface area (Å²) in [6.07, 6.45) is 2.21. The third-order valence-electron chi connectivity index (χ3n) is 5.11. The fourth-order valence-corrected chi connectivity index (χ4v) is 3.80. The monoisotopic (exact) mass is 346 g/mol. The lowest BCUT2D eigenvalue weighted by molar-refractivity contribution is -0.911. The van der Waals surface area contributed by atoms with Crippen LogP contribution in [0.1, 0.15) is 17.5 Å². The zero-order chi connectivity index (χ0) is 17.2. The van der Waals surface area contributed by atoms with Crippen molar-refractivity contribution < 1.29 is 23.9 Å². The second-order valence-corrected chi connectivity index (χ2v) is 6.89. The van der Waals surface area contributed by atoms with E-state index in [9.17, 15) is 9.90 Å². The van der Waals surface area contributed by atoms with E-state index in [0.29, 0.717) is 17.9 Å². The average Bonchev–Trinajstić information content (AvgIpc) is 3.11. The van der Waals surface area contributed by atoms with E-state index >= 15 is 0 Å². The van der Waals surface area contributed by atoms with Gasteiger partial charge in [0.2, 0.25) is 0 Å². The molecule has 2 aliphatic rings. The zero-order valence-electron chi connectivity index (χ0n) is 14.3. The molecule has 1 aromatic heterocycles. The number of quaternary nitrogens is 1. The van der Waals surface area contributed by atoms with Crippen molar-refractivity contribution in [2.75, 3.05) is 39.5 Å². The number of fused-ring (bicyclic) bond motifs is 3. The smallest absolute Gasteiger partial charge is 0.339 e. The molecule has 0 saturated carbocycles. The summed E-state index contributed by atoms with van der Waals surface area (Å²) in [5, 5.41) is 11.2. The summed E-state index contributed by atoms with van der Waals surface area (Å²) >= 11 is 0. The van der Waals surface area contributed by atoms with E-state index in [2.05, 4.69) is 0 Å². The first-order chi connectivity index (χ1) is 12.2. The summed E-state index contributed by atoms with van der Waals surface area (Å²) < 4.78 is 16.5. The lowest BCUT2D eigenvalue weighted by Crippen LogP contribution is -3.15. The summed E-state index contributed by atoms with van der Waals surface area (Å²) in [7, 11) is 0. The van der Waals surface area contributed by atoms with Gasteiger partial charge in [-0.3, -0.25) is 0 Å². The van der Waals surface area contributed by atoms with Gasteiger partial charge in [0.05, 0.1) is 13.2 Å². The molecule has 25 heavy (non-hydrogen) atoms. The molecule has 6 heteroatoms. The molecule has 1 aromatic carbocycles. The maximum absolute atomic E-state index is 12.1. The summed E-state index contributed by atoms with van der Waals surface area (Å²) in [5.74, 6) is 0.615. The summed E-state index contributed by atoms with van der Waals surface area (Å²) in [5.41, 5.74) is 2.28. The minimum Gasteiger partial charge on any atom is -0.491 e. The number of hydrogen-bond donors (Lipinski definition) is 2. The number of aryl methyl sites for hydroxylation is 1. The highest BCUT2D eigenvalue weighted by atomic mass is 16.5. The predicted molar refractivity (Wildman–Crippen MR) is 92.4 cm³/mol. The van der Waals surface area contributed by atoms with Gasteiger partial charge in [-0.05, 0) is 37.0 Å². The van der Waals surface area contributed by atoms with Gasteiger partial charge in [0.25, 0.3) is 0 Å².